The van der Waals surface area contributed by atoms with Gasteiger partial charge in [0.15, 0.2) is 0 Å². The second kappa shape index (κ2) is 5.66. The van der Waals surface area contributed by atoms with Crippen LogP contribution < -0.4 is 4.90 Å². The molecule has 0 unspecified atom stereocenters. The number of anilines is 1. The molecule has 2 heterocycles. The van der Waals surface area contributed by atoms with Crippen molar-refractivity contribution in [3.8, 4) is 0 Å². The summed E-state index contributed by atoms with van der Waals surface area (Å²) in [6.45, 7) is 7.00. The maximum Gasteiger partial charge on any atom is 0.409 e. The summed E-state index contributed by atoms with van der Waals surface area (Å²) in [5.41, 5.74) is 0.903. The van der Waals surface area contributed by atoms with Crippen molar-refractivity contribution in [2.75, 3.05) is 37.7 Å². The van der Waals surface area contributed by atoms with Crippen LogP contribution in [-0.4, -0.2) is 53.7 Å². The SMILES string of the molecule is CCOC(=O)N1CCN(c2cncc(C)n2)CC1. The van der Waals surface area contributed by atoms with Crippen LogP contribution >= 0.6 is 0 Å². The first-order valence-electron chi connectivity index (χ1n) is 6.16. The largest absolute Gasteiger partial charge is 0.450 e. The van der Waals surface area contributed by atoms with Crippen molar-refractivity contribution in [2.45, 2.75) is 13.8 Å². The highest BCUT2D eigenvalue weighted by Gasteiger charge is 2.22. The molecule has 6 heteroatoms. The zero-order valence-electron chi connectivity index (χ0n) is 10.8. The average Bonchev–Trinajstić information content (AvgIpc) is 2.39. The predicted octanol–water partition coefficient (Wildman–Crippen LogP) is 1.06. The minimum Gasteiger partial charge on any atom is -0.450 e. The molecule has 0 aliphatic carbocycles. The van der Waals surface area contributed by atoms with E-state index in [4.69, 9.17) is 4.74 Å². The Kier molecular flexibility index (Phi) is 3.96. The molecule has 0 aromatic carbocycles. The molecule has 0 saturated carbocycles. The number of carbonyl (C=O) groups is 1. The first-order chi connectivity index (χ1) is 8.70. The van der Waals surface area contributed by atoms with Crippen LogP contribution in [0.25, 0.3) is 0 Å². The monoisotopic (exact) mass is 250 g/mol. The average molecular weight is 250 g/mol. The lowest BCUT2D eigenvalue weighted by Crippen LogP contribution is -2.49. The Balaban J connectivity index is 1.92. The van der Waals surface area contributed by atoms with Crippen LogP contribution in [-0.2, 0) is 4.74 Å². The molecule has 98 valence electrons. The van der Waals surface area contributed by atoms with E-state index in [0.29, 0.717) is 19.7 Å². The summed E-state index contributed by atoms with van der Waals surface area (Å²) < 4.78 is 4.98. The van der Waals surface area contributed by atoms with Gasteiger partial charge in [0, 0.05) is 32.4 Å². The zero-order chi connectivity index (χ0) is 13.0. The Labute approximate surface area is 107 Å². The standard InChI is InChI=1S/C12H18N4O2/c1-3-18-12(17)16-6-4-15(5-7-16)11-9-13-8-10(2)14-11/h8-9H,3-7H2,1-2H3. The molecule has 1 aromatic rings. The van der Waals surface area contributed by atoms with Gasteiger partial charge in [-0.2, -0.15) is 0 Å². The van der Waals surface area contributed by atoms with Crippen molar-refractivity contribution in [1.29, 1.82) is 0 Å². The van der Waals surface area contributed by atoms with Gasteiger partial charge in [-0.3, -0.25) is 4.98 Å². The summed E-state index contributed by atoms with van der Waals surface area (Å²) in [4.78, 5) is 24.0. The van der Waals surface area contributed by atoms with Crippen molar-refractivity contribution in [2.24, 2.45) is 0 Å². The maximum atomic E-state index is 11.6. The van der Waals surface area contributed by atoms with E-state index < -0.39 is 0 Å². The lowest BCUT2D eigenvalue weighted by molar-refractivity contribution is 0.105. The fourth-order valence-electron chi connectivity index (χ4n) is 1.94. The van der Waals surface area contributed by atoms with E-state index in [1.165, 1.54) is 0 Å². The van der Waals surface area contributed by atoms with Gasteiger partial charge in [-0.05, 0) is 13.8 Å². The number of hydrogen-bond acceptors (Lipinski definition) is 5. The maximum absolute atomic E-state index is 11.6. The van der Waals surface area contributed by atoms with Gasteiger partial charge in [0.2, 0.25) is 0 Å². The quantitative estimate of drug-likeness (QED) is 0.785. The molecule has 1 amide bonds. The number of piperazine rings is 1. The van der Waals surface area contributed by atoms with Crippen LogP contribution in [0.4, 0.5) is 10.6 Å². The van der Waals surface area contributed by atoms with Gasteiger partial charge in [0.1, 0.15) is 5.82 Å². The molecule has 0 atom stereocenters. The second-order valence-electron chi connectivity index (χ2n) is 4.19. The first-order valence-corrected chi connectivity index (χ1v) is 6.16. The highest BCUT2D eigenvalue weighted by molar-refractivity contribution is 5.68. The van der Waals surface area contributed by atoms with Gasteiger partial charge >= 0.3 is 6.09 Å². The van der Waals surface area contributed by atoms with Gasteiger partial charge in [0.25, 0.3) is 0 Å². The number of aryl methyl sites for hydroxylation is 1. The van der Waals surface area contributed by atoms with Crippen molar-refractivity contribution in [3.05, 3.63) is 18.1 Å². The van der Waals surface area contributed by atoms with E-state index in [1.54, 1.807) is 17.3 Å². The Morgan fingerprint density at radius 2 is 2.06 bits per heavy atom. The molecule has 1 saturated heterocycles. The molecule has 1 aliphatic rings. The van der Waals surface area contributed by atoms with Crippen LogP contribution in [0.15, 0.2) is 12.4 Å². The van der Waals surface area contributed by atoms with Gasteiger partial charge in [-0.15, -0.1) is 0 Å². The van der Waals surface area contributed by atoms with Gasteiger partial charge < -0.3 is 14.5 Å². The normalized spacial score (nSPS) is 15.7. The first kappa shape index (κ1) is 12.6. The Hall–Kier alpha value is -1.85. The third kappa shape index (κ3) is 2.88. The van der Waals surface area contributed by atoms with Crippen molar-refractivity contribution >= 4 is 11.9 Å². The molecule has 0 N–H and O–H groups in total. The predicted molar refractivity (Wildman–Crippen MR) is 67.6 cm³/mol. The Morgan fingerprint density at radius 3 is 2.67 bits per heavy atom. The number of hydrogen-bond donors (Lipinski definition) is 0. The van der Waals surface area contributed by atoms with Crippen molar-refractivity contribution in [1.82, 2.24) is 14.9 Å². The van der Waals surface area contributed by atoms with Crippen LogP contribution in [0.1, 0.15) is 12.6 Å². The third-order valence-electron chi connectivity index (χ3n) is 2.87. The molecule has 0 bridgehead atoms. The van der Waals surface area contributed by atoms with E-state index >= 15 is 0 Å². The number of amides is 1. The van der Waals surface area contributed by atoms with Gasteiger partial charge in [-0.25, -0.2) is 9.78 Å². The van der Waals surface area contributed by atoms with E-state index in [9.17, 15) is 4.79 Å². The molecule has 0 spiro atoms. The molecule has 1 fully saturated rings. The van der Waals surface area contributed by atoms with Crippen molar-refractivity contribution < 1.29 is 9.53 Å². The number of ether oxygens (including phenoxy) is 1. The zero-order valence-corrected chi connectivity index (χ0v) is 10.8. The number of aromatic nitrogens is 2. The fourth-order valence-corrected chi connectivity index (χ4v) is 1.94. The number of nitrogens with zero attached hydrogens (tertiary/aromatic N) is 4. The smallest absolute Gasteiger partial charge is 0.409 e. The van der Waals surface area contributed by atoms with Crippen molar-refractivity contribution in [3.63, 3.8) is 0 Å². The molecule has 18 heavy (non-hydrogen) atoms. The summed E-state index contributed by atoms with van der Waals surface area (Å²) in [5, 5.41) is 0. The van der Waals surface area contributed by atoms with E-state index in [-0.39, 0.29) is 6.09 Å². The summed E-state index contributed by atoms with van der Waals surface area (Å²) in [6, 6.07) is 0. The lowest BCUT2D eigenvalue weighted by Gasteiger charge is -2.34. The van der Waals surface area contributed by atoms with Gasteiger partial charge in [0.05, 0.1) is 18.5 Å². The number of rotatable bonds is 2. The van der Waals surface area contributed by atoms with E-state index in [0.717, 1.165) is 24.6 Å². The van der Waals surface area contributed by atoms with Crippen LogP contribution in [0.2, 0.25) is 0 Å². The molecular formula is C12H18N4O2. The Morgan fingerprint density at radius 1 is 1.33 bits per heavy atom. The number of carbonyl (C=O) groups excluding carboxylic acids is 1. The fraction of sp³-hybridized carbons (Fsp3) is 0.583. The minimum absolute atomic E-state index is 0.229. The van der Waals surface area contributed by atoms with Crippen LogP contribution in [0, 0.1) is 6.92 Å². The highest BCUT2D eigenvalue weighted by Crippen LogP contribution is 2.13. The molecule has 1 aliphatic heterocycles. The van der Waals surface area contributed by atoms with E-state index in [1.807, 2.05) is 13.8 Å². The summed E-state index contributed by atoms with van der Waals surface area (Å²) in [5.74, 6) is 0.874. The minimum atomic E-state index is -0.229. The molecular weight excluding hydrogens is 232 g/mol. The van der Waals surface area contributed by atoms with Gasteiger partial charge in [-0.1, -0.05) is 0 Å². The topological polar surface area (TPSA) is 58.6 Å². The summed E-state index contributed by atoms with van der Waals surface area (Å²) in [6.07, 6.45) is 3.26. The summed E-state index contributed by atoms with van der Waals surface area (Å²) in [7, 11) is 0. The molecule has 0 radical (unpaired) electrons. The highest BCUT2D eigenvalue weighted by atomic mass is 16.6. The Bertz CT molecular complexity index is 416. The molecule has 6 nitrogen and oxygen atoms in total. The second-order valence-corrected chi connectivity index (χ2v) is 4.19. The summed E-state index contributed by atoms with van der Waals surface area (Å²) >= 11 is 0. The molecule has 2 rings (SSSR count). The third-order valence-corrected chi connectivity index (χ3v) is 2.87. The van der Waals surface area contributed by atoms with E-state index in [2.05, 4.69) is 14.9 Å². The lowest BCUT2D eigenvalue weighted by atomic mass is 10.3. The van der Waals surface area contributed by atoms with Crippen LogP contribution in [0.5, 0.6) is 0 Å². The molecule has 1 aromatic heterocycles. The van der Waals surface area contributed by atoms with Crippen LogP contribution in [0.3, 0.4) is 0 Å².